The molecular weight excluding hydrogens is 380 g/mol. The number of rotatable bonds is 5. The number of amides is 2. The van der Waals surface area contributed by atoms with Crippen LogP contribution in [0.25, 0.3) is 5.57 Å². The Hall–Kier alpha value is -3.28. The molecule has 2 aliphatic rings. The highest BCUT2D eigenvalue weighted by Crippen LogP contribution is 2.33. The van der Waals surface area contributed by atoms with Gasteiger partial charge in [0, 0.05) is 18.8 Å². The third-order valence-electron chi connectivity index (χ3n) is 5.40. The number of hydrogen-bond acceptors (Lipinski definition) is 5. The van der Waals surface area contributed by atoms with Crippen LogP contribution in [0.4, 0.5) is 11.4 Å². The molecule has 1 saturated heterocycles. The van der Waals surface area contributed by atoms with E-state index in [4.69, 9.17) is 4.74 Å². The lowest BCUT2D eigenvalue weighted by atomic mass is 10.1. The van der Waals surface area contributed by atoms with E-state index in [-0.39, 0.29) is 11.7 Å². The third kappa shape index (κ3) is 3.77. The van der Waals surface area contributed by atoms with Gasteiger partial charge in [0.1, 0.15) is 5.75 Å². The predicted octanol–water partition coefficient (Wildman–Crippen LogP) is 4.31. The minimum atomic E-state index is -0.705. The second kappa shape index (κ2) is 8.22. The number of aliphatic hydroxyl groups is 1. The molecular formula is C24H26N2O4. The Bertz CT molecular complexity index is 971. The van der Waals surface area contributed by atoms with Crippen LogP contribution >= 0.6 is 0 Å². The summed E-state index contributed by atoms with van der Waals surface area (Å²) in [5, 5.41) is 10.4. The number of piperidine rings is 1. The summed E-state index contributed by atoms with van der Waals surface area (Å²) in [7, 11) is 0. The van der Waals surface area contributed by atoms with E-state index in [9.17, 15) is 14.7 Å². The van der Waals surface area contributed by atoms with Gasteiger partial charge in [0.2, 0.25) is 0 Å². The molecule has 0 bridgehead atoms. The first kappa shape index (κ1) is 20.0. The van der Waals surface area contributed by atoms with Crippen molar-refractivity contribution < 1.29 is 19.4 Å². The van der Waals surface area contributed by atoms with Gasteiger partial charge in [-0.05, 0) is 75.1 Å². The van der Waals surface area contributed by atoms with Gasteiger partial charge < -0.3 is 14.7 Å². The largest absolute Gasteiger partial charge is 0.502 e. The molecule has 6 heteroatoms. The molecule has 2 aliphatic heterocycles. The summed E-state index contributed by atoms with van der Waals surface area (Å²) >= 11 is 0. The highest BCUT2D eigenvalue weighted by molar-refractivity contribution is 6.44. The van der Waals surface area contributed by atoms with Gasteiger partial charge in [-0.25, -0.2) is 4.90 Å². The summed E-state index contributed by atoms with van der Waals surface area (Å²) in [5.41, 5.74) is 2.02. The number of anilines is 2. The second-order valence-corrected chi connectivity index (χ2v) is 7.92. The van der Waals surface area contributed by atoms with Crippen LogP contribution in [0.5, 0.6) is 5.75 Å². The van der Waals surface area contributed by atoms with E-state index in [0.717, 1.165) is 23.7 Å². The molecule has 2 aromatic rings. The Labute approximate surface area is 176 Å². The van der Waals surface area contributed by atoms with Gasteiger partial charge in [-0.1, -0.05) is 12.1 Å². The standard InChI is InChI=1S/C24H26N2O4/c1-16(2)30-20-12-6-17(7-13-20)21-22(27)24(29)26(23(21)28)19-10-8-18(9-11-19)25-14-4-3-5-15-25/h6-13,16,27H,3-5,14-15H2,1-2H3. The van der Waals surface area contributed by atoms with Gasteiger partial charge in [-0.2, -0.15) is 0 Å². The van der Waals surface area contributed by atoms with Crippen molar-refractivity contribution in [3.63, 3.8) is 0 Å². The summed E-state index contributed by atoms with van der Waals surface area (Å²) in [6, 6.07) is 14.2. The summed E-state index contributed by atoms with van der Waals surface area (Å²) in [6.45, 7) is 5.89. The van der Waals surface area contributed by atoms with Gasteiger partial charge in [0.25, 0.3) is 5.91 Å². The number of benzene rings is 2. The Balaban J connectivity index is 1.55. The lowest BCUT2D eigenvalue weighted by Gasteiger charge is -2.29. The Morgan fingerprint density at radius 1 is 0.833 bits per heavy atom. The summed E-state index contributed by atoms with van der Waals surface area (Å²) in [5.74, 6) is -1.10. The predicted molar refractivity (Wildman–Crippen MR) is 117 cm³/mol. The Kier molecular flexibility index (Phi) is 5.48. The average molecular weight is 406 g/mol. The van der Waals surface area contributed by atoms with E-state index in [1.807, 2.05) is 26.0 Å². The summed E-state index contributed by atoms with van der Waals surface area (Å²) in [6.07, 6.45) is 3.63. The monoisotopic (exact) mass is 406 g/mol. The fraction of sp³-hybridized carbons (Fsp3) is 0.333. The smallest absolute Gasteiger partial charge is 0.301 e. The minimum Gasteiger partial charge on any atom is -0.502 e. The number of ether oxygens (including phenoxy) is 1. The average Bonchev–Trinajstić information content (AvgIpc) is 2.97. The zero-order valence-corrected chi connectivity index (χ0v) is 17.3. The fourth-order valence-electron chi connectivity index (χ4n) is 3.95. The van der Waals surface area contributed by atoms with Gasteiger partial charge in [-0.15, -0.1) is 0 Å². The van der Waals surface area contributed by atoms with Gasteiger partial charge in [-0.3, -0.25) is 9.59 Å². The van der Waals surface area contributed by atoms with Crippen molar-refractivity contribution in [2.24, 2.45) is 0 Å². The van der Waals surface area contributed by atoms with E-state index in [1.165, 1.54) is 19.3 Å². The zero-order chi connectivity index (χ0) is 21.3. The van der Waals surface area contributed by atoms with Crippen LogP contribution in [0.2, 0.25) is 0 Å². The quantitative estimate of drug-likeness (QED) is 0.750. The molecule has 0 saturated carbocycles. The van der Waals surface area contributed by atoms with Crippen LogP contribution in [0, 0.1) is 0 Å². The second-order valence-electron chi connectivity index (χ2n) is 7.92. The number of carbonyl (C=O) groups excluding carboxylic acids is 2. The molecule has 2 heterocycles. The van der Waals surface area contributed by atoms with Crippen molar-refractivity contribution in [2.75, 3.05) is 22.9 Å². The molecule has 4 rings (SSSR count). The number of nitrogens with zero attached hydrogens (tertiary/aromatic N) is 2. The van der Waals surface area contributed by atoms with E-state index >= 15 is 0 Å². The maximum atomic E-state index is 13.0. The van der Waals surface area contributed by atoms with Crippen LogP contribution < -0.4 is 14.5 Å². The molecule has 6 nitrogen and oxygen atoms in total. The van der Waals surface area contributed by atoms with Crippen LogP contribution in [0.15, 0.2) is 54.3 Å². The normalized spacial score (nSPS) is 17.3. The summed E-state index contributed by atoms with van der Waals surface area (Å²) in [4.78, 5) is 29.0. The van der Waals surface area contributed by atoms with E-state index in [0.29, 0.717) is 17.0 Å². The molecule has 30 heavy (non-hydrogen) atoms. The number of aliphatic hydroxyl groups excluding tert-OH is 1. The van der Waals surface area contributed by atoms with Crippen molar-refractivity contribution in [1.82, 2.24) is 0 Å². The first-order valence-corrected chi connectivity index (χ1v) is 10.4. The van der Waals surface area contributed by atoms with E-state index in [1.54, 1.807) is 36.4 Å². The number of carbonyl (C=O) groups is 2. The first-order valence-electron chi connectivity index (χ1n) is 10.4. The highest BCUT2D eigenvalue weighted by atomic mass is 16.5. The highest BCUT2D eigenvalue weighted by Gasteiger charge is 2.40. The topological polar surface area (TPSA) is 70.1 Å². The van der Waals surface area contributed by atoms with Crippen molar-refractivity contribution in [2.45, 2.75) is 39.2 Å². The van der Waals surface area contributed by atoms with Crippen molar-refractivity contribution >= 4 is 28.8 Å². The maximum absolute atomic E-state index is 13.0. The van der Waals surface area contributed by atoms with Crippen LogP contribution in [-0.4, -0.2) is 36.1 Å². The molecule has 0 aromatic heterocycles. The molecule has 0 spiro atoms. The molecule has 2 amide bonds. The molecule has 1 fully saturated rings. The zero-order valence-electron chi connectivity index (χ0n) is 17.3. The SMILES string of the molecule is CC(C)Oc1ccc(C2=C(O)C(=O)N(c3ccc(N4CCCCC4)cc3)C2=O)cc1. The van der Waals surface area contributed by atoms with Crippen LogP contribution in [-0.2, 0) is 9.59 Å². The maximum Gasteiger partial charge on any atom is 0.301 e. The van der Waals surface area contributed by atoms with Crippen molar-refractivity contribution in [3.05, 3.63) is 59.9 Å². The Morgan fingerprint density at radius 2 is 1.43 bits per heavy atom. The van der Waals surface area contributed by atoms with Crippen LogP contribution in [0.3, 0.4) is 0 Å². The van der Waals surface area contributed by atoms with Gasteiger partial charge in [0.15, 0.2) is 5.76 Å². The third-order valence-corrected chi connectivity index (χ3v) is 5.40. The molecule has 156 valence electrons. The van der Waals surface area contributed by atoms with Crippen molar-refractivity contribution in [1.29, 1.82) is 0 Å². The van der Waals surface area contributed by atoms with Gasteiger partial charge in [0.05, 0.1) is 17.4 Å². The molecule has 0 atom stereocenters. The number of hydrogen-bond donors (Lipinski definition) is 1. The molecule has 2 aromatic carbocycles. The van der Waals surface area contributed by atoms with E-state index in [2.05, 4.69) is 4.90 Å². The molecule has 0 radical (unpaired) electrons. The van der Waals surface area contributed by atoms with E-state index < -0.39 is 17.6 Å². The van der Waals surface area contributed by atoms with Gasteiger partial charge >= 0.3 is 5.91 Å². The Morgan fingerprint density at radius 3 is 2.03 bits per heavy atom. The summed E-state index contributed by atoms with van der Waals surface area (Å²) < 4.78 is 5.61. The van der Waals surface area contributed by atoms with Crippen LogP contribution in [0.1, 0.15) is 38.7 Å². The molecule has 0 aliphatic carbocycles. The number of imide groups is 1. The first-order chi connectivity index (χ1) is 14.5. The molecule has 1 N–H and O–H groups in total. The lowest BCUT2D eigenvalue weighted by molar-refractivity contribution is -0.121. The lowest BCUT2D eigenvalue weighted by Crippen LogP contribution is -2.32. The molecule has 0 unspecified atom stereocenters. The minimum absolute atomic E-state index is 0.0104. The van der Waals surface area contributed by atoms with Crippen molar-refractivity contribution in [3.8, 4) is 5.75 Å². The fourth-order valence-corrected chi connectivity index (χ4v) is 3.95.